The van der Waals surface area contributed by atoms with Crippen LogP contribution in [0, 0.1) is 0 Å². The second kappa shape index (κ2) is 35.1. The zero-order valence-electron chi connectivity index (χ0n) is 43.0. The van der Waals surface area contributed by atoms with Gasteiger partial charge in [-0.25, -0.2) is 14.4 Å². The van der Waals surface area contributed by atoms with Crippen LogP contribution in [0.4, 0.5) is 4.79 Å². The molecule has 0 aromatic heterocycles. The smallest absolute Gasteiger partial charge is 0.407 e. The molecule has 0 spiro atoms. The van der Waals surface area contributed by atoms with Crippen LogP contribution in [0.5, 0.6) is 0 Å². The van der Waals surface area contributed by atoms with Gasteiger partial charge in [0.05, 0.1) is 54.1 Å². The fourth-order valence-electron chi connectivity index (χ4n) is 6.98. The molecule has 1 aliphatic rings. The predicted molar refractivity (Wildman–Crippen MR) is 267 cm³/mol. The number of hydrogen-bond donors (Lipinski definition) is 7. The Bertz CT molecular complexity index is 2300. The second-order valence-corrected chi connectivity index (χ2v) is 16.1. The highest BCUT2D eigenvalue weighted by atomic mass is 16.6. The summed E-state index contributed by atoms with van der Waals surface area (Å²) in [5, 5.41) is 14.3. The van der Waals surface area contributed by atoms with Crippen LogP contribution in [0.2, 0.25) is 0 Å². The van der Waals surface area contributed by atoms with E-state index < -0.39 is 109 Å². The van der Waals surface area contributed by atoms with Crippen molar-refractivity contribution in [2.75, 3.05) is 81.7 Å². The van der Waals surface area contributed by atoms with Crippen molar-refractivity contribution < 1.29 is 90.6 Å². The standard InChI is InChI=1S/C35H42N4O12.C15H25N3O7/c1-5-16-50-34(45)26(14-15-30(41)48-3)38-33(44)28(20-47-2)37-29(40)18-36-32(43)27(17-31(42)49-4)39-35(46)51-19-25-23-12-8-6-10-21(23)22-11-7-9-13-24(22)25;1-4-7-25-15(22)10(5-6-13(20)24-3)18-14(21)11(9-23-2)17-12(19)8-16/h5-13,25-28H,1,14-20H2,2-4H3,(H,36,43)(H,37,40)(H,38,44)(H,39,46);4,10-11H,1,5-9,16H2,2-3H3,(H,17,19)(H,18,21). The van der Waals surface area contributed by atoms with E-state index in [4.69, 9.17) is 29.4 Å². The number of hydrogen-bond acceptors (Lipinski definition) is 20. The van der Waals surface area contributed by atoms with E-state index in [0.717, 1.165) is 29.4 Å². The fraction of sp³-hybridized carbons (Fsp3) is 0.460. The minimum Gasteiger partial charge on any atom is -0.469 e. The average molecular weight is 1070 g/mol. The summed E-state index contributed by atoms with van der Waals surface area (Å²) in [6, 6.07) is 9.26. The van der Waals surface area contributed by atoms with Gasteiger partial charge >= 0.3 is 35.9 Å². The van der Waals surface area contributed by atoms with E-state index in [0.29, 0.717) is 0 Å². The molecule has 0 fully saturated rings. The van der Waals surface area contributed by atoms with Gasteiger partial charge in [-0.2, -0.15) is 0 Å². The molecular formula is C50H67N7O19. The van der Waals surface area contributed by atoms with Gasteiger partial charge in [-0.3, -0.25) is 38.4 Å². The molecule has 1 aliphatic carbocycles. The molecule has 0 heterocycles. The van der Waals surface area contributed by atoms with Gasteiger partial charge in [-0.1, -0.05) is 73.8 Å². The molecule has 2 aromatic rings. The Morgan fingerprint density at radius 3 is 1.42 bits per heavy atom. The van der Waals surface area contributed by atoms with E-state index in [1.807, 2.05) is 48.5 Å². The molecule has 0 aliphatic heterocycles. The molecule has 3 rings (SSSR count). The number of alkyl carbamates (subject to hydrolysis) is 1. The number of nitrogens with one attached hydrogen (secondary N) is 6. The first-order chi connectivity index (χ1) is 36.4. The SMILES string of the molecule is C=CCOC(=O)C(CCC(=O)OC)NC(=O)C(COC)NC(=O)CN.C=CCOC(=O)C(CCC(=O)OC)NC(=O)C(COC)NC(=O)CNC(=O)C(CC(=O)OC)NC(=O)OCC1c2ccccc2-c2ccccc21. The molecule has 0 saturated carbocycles. The topological polar surface area (TPSA) is 360 Å². The summed E-state index contributed by atoms with van der Waals surface area (Å²) < 4.78 is 39.0. The van der Waals surface area contributed by atoms with Crippen molar-refractivity contribution in [1.29, 1.82) is 0 Å². The van der Waals surface area contributed by atoms with Crippen LogP contribution < -0.4 is 37.6 Å². The molecule has 76 heavy (non-hydrogen) atoms. The number of carbonyl (C=O) groups excluding carboxylic acids is 11. The zero-order valence-corrected chi connectivity index (χ0v) is 43.0. The largest absolute Gasteiger partial charge is 0.469 e. The van der Waals surface area contributed by atoms with E-state index in [9.17, 15) is 52.7 Å². The lowest BCUT2D eigenvalue weighted by Gasteiger charge is -2.22. The maximum atomic E-state index is 13.1. The first-order valence-electron chi connectivity index (χ1n) is 23.4. The monoisotopic (exact) mass is 1070 g/mol. The zero-order chi connectivity index (χ0) is 56.6. The summed E-state index contributed by atoms with van der Waals surface area (Å²) in [7, 11) is 6.11. The first-order valence-corrected chi connectivity index (χ1v) is 23.4. The van der Waals surface area contributed by atoms with Crippen molar-refractivity contribution in [2.45, 2.75) is 68.2 Å². The first kappa shape index (κ1) is 63.9. The Morgan fingerprint density at radius 1 is 0.553 bits per heavy atom. The lowest BCUT2D eigenvalue weighted by molar-refractivity contribution is -0.149. The molecule has 8 N–H and O–H groups in total. The average Bonchev–Trinajstić information content (AvgIpc) is 3.74. The Hall–Kier alpha value is -8.23. The van der Waals surface area contributed by atoms with Crippen molar-refractivity contribution in [2.24, 2.45) is 5.73 Å². The predicted octanol–water partition coefficient (Wildman–Crippen LogP) is -0.885. The van der Waals surface area contributed by atoms with Crippen molar-refractivity contribution in [1.82, 2.24) is 31.9 Å². The van der Waals surface area contributed by atoms with E-state index in [1.54, 1.807) is 0 Å². The number of carbonyl (C=O) groups is 11. The number of rotatable bonds is 31. The van der Waals surface area contributed by atoms with E-state index in [1.165, 1.54) is 40.6 Å². The molecular weight excluding hydrogens is 1000 g/mol. The van der Waals surface area contributed by atoms with Gasteiger partial charge in [0.1, 0.15) is 50.0 Å². The molecule has 2 aromatic carbocycles. The fourth-order valence-corrected chi connectivity index (χ4v) is 6.98. The molecule has 26 nitrogen and oxygen atoms in total. The lowest BCUT2D eigenvalue weighted by atomic mass is 9.98. The molecule has 0 bridgehead atoms. The van der Waals surface area contributed by atoms with Crippen molar-refractivity contribution in [3.05, 3.63) is 85.0 Å². The highest BCUT2D eigenvalue weighted by Crippen LogP contribution is 2.44. The number of fused-ring (bicyclic) bond motifs is 3. The summed E-state index contributed by atoms with van der Waals surface area (Å²) in [4.78, 5) is 135. The number of benzene rings is 2. The molecule has 0 radical (unpaired) electrons. The Balaban J connectivity index is 0.000000665. The summed E-state index contributed by atoms with van der Waals surface area (Å²) >= 11 is 0. The van der Waals surface area contributed by atoms with Gasteiger partial charge in [-0.05, 0) is 35.1 Å². The minimum absolute atomic E-state index is 0.0288. The van der Waals surface area contributed by atoms with Gasteiger partial charge in [-0.15, -0.1) is 0 Å². The van der Waals surface area contributed by atoms with Crippen molar-refractivity contribution in [3.63, 3.8) is 0 Å². The Labute approximate surface area is 438 Å². The number of methoxy groups -OCH3 is 5. The molecule has 0 saturated heterocycles. The summed E-state index contributed by atoms with van der Waals surface area (Å²) in [5.74, 6) is -7.65. The van der Waals surface area contributed by atoms with E-state index in [2.05, 4.69) is 59.3 Å². The van der Waals surface area contributed by atoms with Gasteiger partial charge < -0.3 is 75.5 Å². The highest BCUT2D eigenvalue weighted by molar-refractivity contribution is 5.95. The van der Waals surface area contributed by atoms with Crippen molar-refractivity contribution in [3.8, 4) is 11.1 Å². The van der Waals surface area contributed by atoms with E-state index in [-0.39, 0.29) is 71.2 Å². The van der Waals surface area contributed by atoms with Crippen LogP contribution in [0.3, 0.4) is 0 Å². The normalized spacial score (nSPS) is 12.9. The third kappa shape index (κ3) is 22.1. The van der Waals surface area contributed by atoms with Crippen LogP contribution >= 0.6 is 0 Å². The molecule has 5 atom stereocenters. The highest BCUT2D eigenvalue weighted by Gasteiger charge is 2.33. The number of ether oxygens (including phenoxy) is 8. The molecule has 416 valence electrons. The third-order valence-electron chi connectivity index (χ3n) is 10.7. The third-order valence-corrected chi connectivity index (χ3v) is 10.7. The Kier molecular flexibility index (Phi) is 29.5. The van der Waals surface area contributed by atoms with Gasteiger partial charge in [0, 0.05) is 33.0 Å². The number of amides is 6. The van der Waals surface area contributed by atoms with Crippen LogP contribution in [0.25, 0.3) is 11.1 Å². The lowest BCUT2D eigenvalue weighted by Crippen LogP contribution is -2.56. The van der Waals surface area contributed by atoms with Gasteiger partial charge in [0.25, 0.3) is 0 Å². The summed E-state index contributed by atoms with van der Waals surface area (Å²) in [5.41, 5.74) is 9.21. The van der Waals surface area contributed by atoms with Crippen LogP contribution in [-0.2, 0) is 85.8 Å². The molecule has 6 amide bonds. The second-order valence-electron chi connectivity index (χ2n) is 16.1. The Morgan fingerprint density at radius 2 is 1.00 bits per heavy atom. The van der Waals surface area contributed by atoms with Crippen molar-refractivity contribution >= 4 is 65.5 Å². The van der Waals surface area contributed by atoms with E-state index >= 15 is 0 Å². The van der Waals surface area contributed by atoms with Gasteiger partial charge in [0.2, 0.25) is 29.5 Å². The van der Waals surface area contributed by atoms with Crippen LogP contribution in [0.1, 0.15) is 49.1 Å². The quantitative estimate of drug-likeness (QED) is 0.0274. The number of nitrogens with two attached hydrogens (primary N) is 1. The summed E-state index contributed by atoms with van der Waals surface area (Å²) in [6.45, 7) is 5.20. The maximum Gasteiger partial charge on any atom is 0.407 e. The minimum atomic E-state index is -1.48. The molecule has 26 heteroatoms. The number of esters is 5. The van der Waals surface area contributed by atoms with Gasteiger partial charge in [0.15, 0.2) is 0 Å². The van der Waals surface area contributed by atoms with Crippen LogP contribution in [0.15, 0.2) is 73.8 Å². The molecule has 5 unspecified atom stereocenters. The maximum absolute atomic E-state index is 13.1. The summed E-state index contributed by atoms with van der Waals surface area (Å²) in [6.07, 6.45) is 0.640. The van der Waals surface area contributed by atoms with Crippen LogP contribution in [-0.4, -0.2) is 177 Å².